The summed E-state index contributed by atoms with van der Waals surface area (Å²) in [5, 5.41) is 3.00. The van der Waals surface area contributed by atoms with Gasteiger partial charge in [-0.3, -0.25) is 4.79 Å². The molecule has 1 amide bonds. The van der Waals surface area contributed by atoms with E-state index in [1.165, 1.54) is 25.7 Å². The molecule has 0 radical (unpaired) electrons. The number of amides is 1. The molecule has 2 atom stereocenters. The molecule has 0 aromatic carbocycles. The highest BCUT2D eigenvalue weighted by atomic mass is 35.5. The molecule has 0 spiro atoms. The summed E-state index contributed by atoms with van der Waals surface area (Å²) >= 11 is 5.99. The number of aryl methyl sites for hydroxylation is 1. The van der Waals surface area contributed by atoms with Gasteiger partial charge in [0, 0.05) is 19.5 Å². The Hall–Kier alpha value is -1.03. The molecule has 4 nitrogen and oxygen atoms in total. The molecule has 0 bridgehead atoms. The van der Waals surface area contributed by atoms with Gasteiger partial charge in [0.1, 0.15) is 5.69 Å². The van der Waals surface area contributed by atoms with Gasteiger partial charge in [-0.05, 0) is 24.7 Å². The summed E-state index contributed by atoms with van der Waals surface area (Å²) in [6.07, 6.45) is 8.11. The van der Waals surface area contributed by atoms with Gasteiger partial charge in [-0.25, -0.2) is 4.98 Å². The van der Waals surface area contributed by atoms with Crippen LogP contribution in [0.4, 0.5) is 0 Å². The number of alkyl halides is 1. The average molecular weight is 270 g/mol. The monoisotopic (exact) mass is 269 g/mol. The van der Waals surface area contributed by atoms with E-state index in [1.807, 2.05) is 7.05 Å². The summed E-state index contributed by atoms with van der Waals surface area (Å²) in [5.41, 5.74) is 0.605. The highest BCUT2D eigenvalue weighted by Gasteiger charge is 2.25. The number of hydrogen-bond donors (Lipinski definition) is 1. The Morgan fingerprint density at radius 1 is 1.50 bits per heavy atom. The number of halogens is 1. The van der Waals surface area contributed by atoms with Crippen LogP contribution in [0.3, 0.4) is 0 Å². The molecule has 1 saturated carbocycles. The molecule has 1 aromatic heterocycles. The molecule has 18 heavy (non-hydrogen) atoms. The maximum absolute atomic E-state index is 12.0. The fourth-order valence-corrected chi connectivity index (χ4v) is 3.05. The maximum Gasteiger partial charge on any atom is 0.269 e. The lowest BCUT2D eigenvalue weighted by atomic mass is 9.80. The predicted octanol–water partition coefficient (Wildman–Crippen LogP) is 2.20. The molecule has 1 heterocycles. The van der Waals surface area contributed by atoms with E-state index in [2.05, 4.69) is 10.3 Å². The van der Waals surface area contributed by atoms with Gasteiger partial charge in [-0.15, -0.1) is 11.6 Å². The third-order valence-electron chi connectivity index (χ3n) is 3.84. The van der Waals surface area contributed by atoms with Crippen LogP contribution in [0.5, 0.6) is 0 Å². The van der Waals surface area contributed by atoms with E-state index in [4.69, 9.17) is 11.6 Å². The van der Waals surface area contributed by atoms with Crippen molar-refractivity contribution in [1.82, 2.24) is 14.9 Å². The Morgan fingerprint density at radius 2 is 2.22 bits per heavy atom. The van der Waals surface area contributed by atoms with Gasteiger partial charge in [-0.1, -0.05) is 12.8 Å². The van der Waals surface area contributed by atoms with Crippen molar-refractivity contribution in [3.8, 4) is 0 Å². The van der Waals surface area contributed by atoms with Crippen molar-refractivity contribution < 1.29 is 4.79 Å². The first-order chi connectivity index (χ1) is 8.72. The number of hydrogen-bond acceptors (Lipinski definition) is 2. The lowest BCUT2D eigenvalue weighted by Gasteiger charge is -2.30. The fourth-order valence-electron chi connectivity index (χ4n) is 2.65. The standard InChI is InChI=1S/C13H20ClN3O/c1-17-9-15-8-12(17)13(18)16-7-11-5-3-2-4-10(11)6-14/h8-11H,2-7H2,1H3,(H,16,18). The second-order valence-corrected chi connectivity index (χ2v) is 5.37. The van der Waals surface area contributed by atoms with Crippen molar-refractivity contribution in [2.45, 2.75) is 25.7 Å². The minimum absolute atomic E-state index is 0.0473. The number of nitrogens with one attached hydrogen (secondary N) is 1. The Morgan fingerprint density at radius 3 is 2.83 bits per heavy atom. The molecule has 1 aromatic rings. The van der Waals surface area contributed by atoms with E-state index in [1.54, 1.807) is 17.1 Å². The van der Waals surface area contributed by atoms with Gasteiger partial charge in [0.2, 0.25) is 0 Å². The minimum atomic E-state index is -0.0473. The Balaban J connectivity index is 1.87. The van der Waals surface area contributed by atoms with Gasteiger partial charge in [0.05, 0.1) is 12.5 Å². The van der Waals surface area contributed by atoms with Gasteiger partial charge >= 0.3 is 0 Å². The van der Waals surface area contributed by atoms with Crippen LogP contribution >= 0.6 is 11.6 Å². The van der Waals surface area contributed by atoms with Gasteiger partial charge in [-0.2, -0.15) is 0 Å². The fraction of sp³-hybridized carbons (Fsp3) is 0.692. The quantitative estimate of drug-likeness (QED) is 0.852. The van der Waals surface area contributed by atoms with Crippen LogP contribution in [0, 0.1) is 11.8 Å². The number of carbonyl (C=O) groups excluding carboxylic acids is 1. The summed E-state index contributed by atoms with van der Waals surface area (Å²) in [6.45, 7) is 0.724. The molecule has 100 valence electrons. The summed E-state index contributed by atoms with van der Waals surface area (Å²) in [4.78, 5) is 15.9. The largest absolute Gasteiger partial charge is 0.350 e. The van der Waals surface area contributed by atoms with Gasteiger partial charge in [0.25, 0.3) is 5.91 Å². The number of carbonyl (C=O) groups is 1. The SMILES string of the molecule is Cn1cncc1C(=O)NCC1CCCCC1CCl. The van der Waals surface area contributed by atoms with E-state index < -0.39 is 0 Å². The first kappa shape index (κ1) is 13.4. The third-order valence-corrected chi connectivity index (χ3v) is 4.24. The summed E-state index contributed by atoms with van der Waals surface area (Å²) < 4.78 is 1.73. The topological polar surface area (TPSA) is 46.9 Å². The van der Waals surface area contributed by atoms with Crippen molar-refractivity contribution in [3.05, 3.63) is 18.2 Å². The van der Waals surface area contributed by atoms with Crippen molar-refractivity contribution in [1.29, 1.82) is 0 Å². The minimum Gasteiger partial charge on any atom is -0.350 e. The van der Waals surface area contributed by atoms with E-state index in [0.29, 0.717) is 23.4 Å². The summed E-state index contributed by atoms with van der Waals surface area (Å²) in [5.74, 6) is 1.72. The lowest BCUT2D eigenvalue weighted by Crippen LogP contribution is -2.35. The molecular weight excluding hydrogens is 250 g/mol. The number of nitrogens with zero attached hydrogens (tertiary/aromatic N) is 2. The normalized spacial score (nSPS) is 23.9. The van der Waals surface area contributed by atoms with Crippen LogP contribution in [0.1, 0.15) is 36.2 Å². The van der Waals surface area contributed by atoms with Crippen LogP contribution in [0.15, 0.2) is 12.5 Å². The molecule has 1 aliphatic carbocycles. The van der Waals surface area contributed by atoms with Crippen LogP contribution in [0.2, 0.25) is 0 Å². The van der Waals surface area contributed by atoms with Gasteiger partial charge < -0.3 is 9.88 Å². The molecule has 1 aliphatic rings. The zero-order chi connectivity index (χ0) is 13.0. The molecular formula is C13H20ClN3O. The van der Waals surface area contributed by atoms with Crippen molar-refractivity contribution in [2.24, 2.45) is 18.9 Å². The molecule has 1 N–H and O–H groups in total. The molecule has 0 aliphatic heterocycles. The van der Waals surface area contributed by atoms with Crippen LogP contribution in [-0.4, -0.2) is 27.9 Å². The smallest absolute Gasteiger partial charge is 0.269 e. The molecule has 1 fully saturated rings. The van der Waals surface area contributed by atoms with Gasteiger partial charge in [0.15, 0.2) is 0 Å². The summed E-state index contributed by atoms with van der Waals surface area (Å²) in [7, 11) is 1.82. The average Bonchev–Trinajstić information content (AvgIpc) is 2.82. The van der Waals surface area contributed by atoms with Crippen LogP contribution < -0.4 is 5.32 Å². The molecule has 2 rings (SSSR count). The van der Waals surface area contributed by atoms with Crippen molar-refractivity contribution in [3.63, 3.8) is 0 Å². The second-order valence-electron chi connectivity index (χ2n) is 5.06. The zero-order valence-electron chi connectivity index (χ0n) is 10.7. The van der Waals surface area contributed by atoms with E-state index in [0.717, 1.165) is 6.54 Å². The van der Waals surface area contributed by atoms with E-state index in [-0.39, 0.29) is 5.91 Å². The predicted molar refractivity (Wildman–Crippen MR) is 71.7 cm³/mol. The third kappa shape index (κ3) is 3.05. The van der Waals surface area contributed by atoms with Crippen LogP contribution in [0.25, 0.3) is 0 Å². The first-order valence-corrected chi connectivity index (χ1v) is 7.06. The second kappa shape index (κ2) is 6.23. The molecule has 2 unspecified atom stereocenters. The summed E-state index contributed by atoms with van der Waals surface area (Å²) in [6, 6.07) is 0. The van der Waals surface area contributed by atoms with Crippen molar-refractivity contribution >= 4 is 17.5 Å². The number of imidazole rings is 1. The Kier molecular flexibility index (Phi) is 4.64. The molecule has 0 saturated heterocycles. The van der Waals surface area contributed by atoms with Crippen LogP contribution in [-0.2, 0) is 7.05 Å². The Bertz CT molecular complexity index is 405. The highest BCUT2D eigenvalue weighted by Crippen LogP contribution is 2.30. The number of aromatic nitrogens is 2. The maximum atomic E-state index is 12.0. The number of rotatable bonds is 4. The van der Waals surface area contributed by atoms with E-state index >= 15 is 0 Å². The zero-order valence-corrected chi connectivity index (χ0v) is 11.5. The van der Waals surface area contributed by atoms with Crippen molar-refractivity contribution in [2.75, 3.05) is 12.4 Å². The molecule has 5 heteroatoms. The Labute approximate surface area is 113 Å². The first-order valence-electron chi connectivity index (χ1n) is 6.53. The van der Waals surface area contributed by atoms with E-state index in [9.17, 15) is 4.79 Å². The highest BCUT2D eigenvalue weighted by molar-refractivity contribution is 6.18. The lowest BCUT2D eigenvalue weighted by molar-refractivity contribution is 0.0928.